The number of carbonyl (C=O) groups is 2. The second-order valence-electron chi connectivity index (χ2n) is 7.84. The number of methoxy groups -OCH3 is 1. The lowest BCUT2D eigenvalue weighted by atomic mass is 9.96. The number of thiazole rings is 1. The quantitative estimate of drug-likeness (QED) is 0.382. The Hall–Kier alpha value is -4.37. The minimum Gasteiger partial charge on any atom is -0.464 e. The van der Waals surface area contributed by atoms with Gasteiger partial charge in [0.05, 0.1) is 19.1 Å². The first-order valence-corrected chi connectivity index (χ1v) is 11.7. The van der Waals surface area contributed by atoms with Gasteiger partial charge >= 0.3 is 5.97 Å². The van der Waals surface area contributed by atoms with E-state index < -0.39 is 5.97 Å². The normalized spacial score (nSPS) is 14.0. The van der Waals surface area contributed by atoms with Crippen LogP contribution in [0.4, 0.5) is 11.0 Å². The number of esters is 1. The number of ether oxygens (including phenoxy) is 1. The zero-order valence-electron chi connectivity index (χ0n) is 18.6. The van der Waals surface area contributed by atoms with Crippen LogP contribution in [0.1, 0.15) is 29.0 Å². The summed E-state index contributed by atoms with van der Waals surface area (Å²) < 4.78 is 15.8. The molecule has 1 aliphatic rings. The second kappa shape index (κ2) is 9.47. The predicted molar refractivity (Wildman–Crippen MR) is 126 cm³/mol. The van der Waals surface area contributed by atoms with Gasteiger partial charge in [-0.1, -0.05) is 0 Å². The second-order valence-corrected chi connectivity index (χ2v) is 8.70. The summed E-state index contributed by atoms with van der Waals surface area (Å²) in [6.45, 7) is 1.09. The van der Waals surface area contributed by atoms with E-state index in [1.54, 1.807) is 24.4 Å². The van der Waals surface area contributed by atoms with Crippen molar-refractivity contribution in [3.05, 3.63) is 47.4 Å². The number of amides is 1. The maximum absolute atomic E-state index is 12.8. The van der Waals surface area contributed by atoms with Crippen molar-refractivity contribution in [2.45, 2.75) is 12.8 Å². The summed E-state index contributed by atoms with van der Waals surface area (Å²) in [5, 5.41) is 14.7. The Labute approximate surface area is 203 Å². The predicted octanol–water partition coefficient (Wildman–Crippen LogP) is 3.90. The Kier molecular flexibility index (Phi) is 6.07. The molecule has 178 valence electrons. The van der Waals surface area contributed by atoms with Gasteiger partial charge in [0.2, 0.25) is 17.5 Å². The lowest BCUT2D eigenvalue weighted by Gasteiger charge is -2.30. The molecule has 0 spiro atoms. The van der Waals surface area contributed by atoms with Crippen LogP contribution in [0.2, 0.25) is 0 Å². The van der Waals surface area contributed by atoms with Crippen molar-refractivity contribution in [1.29, 1.82) is 5.26 Å². The highest BCUT2D eigenvalue weighted by molar-refractivity contribution is 7.14. The van der Waals surface area contributed by atoms with Gasteiger partial charge < -0.3 is 28.8 Å². The monoisotopic (exact) mass is 492 g/mol. The maximum atomic E-state index is 12.8. The zero-order valence-corrected chi connectivity index (χ0v) is 19.4. The van der Waals surface area contributed by atoms with Gasteiger partial charge in [-0.2, -0.15) is 10.2 Å². The minimum atomic E-state index is -0.462. The van der Waals surface area contributed by atoms with Crippen LogP contribution in [0.3, 0.4) is 0 Å². The molecule has 1 amide bonds. The fourth-order valence-electron chi connectivity index (χ4n) is 3.89. The third kappa shape index (κ3) is 4.53. The number of oxazole rings is 1. The molecule has 1 fully saturated rings. The molecule has 0 bridgehead atoms. The van der Waals surface area contributed by atoms with Crippen LogP contribution >= 0.6 is 11.3 Å². The largest absolute Gasteiger partial charge is 0.464 e. The smallest absolute Gasteiger partial charge is 0.354 e. The van der Waals surface area contributed by atoms with E-state index in [0.29, 0.717) is 54.1 Å². The number of hydrogen-bond acceptors (Lipinski definition) is 10. The van der Waals surface area contributed by atoms with E-state index >= 15 is 0 Å². The van der Waals surface area contributed by atoms with E-state index in [-0.39, 0.29) is 23.4 Å². The first kappa shape index (κ1) is 22.4. The van der Waals surface area contributed by atoms with Gasteiger partial charge in [-0.05, 0) is 31.0 Å². The van der Waals surface area contributed by atoms with Crippen LogP contribution in [0.25, 0.3) is 22.9 Å². The Morgan fingerprint density at radius 1 is 1.34 bits per heavy atom. The minimum absolute atomic E-state index is 0.107. The van der Waals surface area contributed by atoms with Crippen LogP contribution < -0.4 is 10.2 Å². The molecule has 12 heteroatoms. The summed E-state index contributed by atoms with van der Waals surface area (Å²) in [7, 11) is 1.32. The van der Waals surface area contributed by atoms with Crippen LogP contribution in [0, 0.1) is 17.2 Å². The highest BCUT2D eigenvalue weighted by atomic mass is 32.1. The lowest BCUT2D eigenvalue weighted by molar-refractivity contribution is -0.120. The molecule has 11 nitrogen and oxygen atoms in total. The van der Waals surface area contributed by atoms with Gasteiger partial charge in [-0.15, -0.1) is 11.3 Å². The summed E-state index contributed by atoms with van der Waals surface area (Å²) in [6.07, 6.45) is 4.36. The fourth-order valence-corrected chi connectivity index (χ4v) is 4.61. The molecule has 1 saturated heterocycles. The molecule has 1 aliphatic heterocycles. The van der Waals surface area contributed by atoms with E-state index in [2.05, 4.69) is 26.3 Å². The molecule has 4 aromatic heterocycles. The van der Waals surface area contributed by atoms with Gasteiger partial charge in [0.15, 0.2) is 10.9 Å². The highest BCUT2D eigenvalue weighted by Gasteiger charge is 2.29. The van der Waals surface area contributed by atoms with Gasteiger partial charge in [0, 0.05) is 36.1 Å². The van der Waals surface area contributed by atoms with Crippen LogP contribution in [0.5, 0.6) is 0 Å². The summed E-state index contributed by atoms with van der Waals surface area (Å²) in [4.78, 5) is 37.9. The molecular formula is C23H20N6O5S. The average Bonchev–Trinajstić information content (AvgIpc) is 3.69. The number of nitrogens with one attached hydrogen (secondary N) is 2. The molecule has 0 aliphatic carbocycles. The van der Waals surface area contributed by atoms with E-state index in [1.165, 1.54) is 24.7 Å². The Balaban J connectivity index is 1.20. The van der Waals surface area contributed by atoms with Gasteiger partial charge in [-0.25, -0.2) is 9.78 Å². The molecule has 0 atom stereocenters. The molecule has 35 heavy (non-hydrogen) atoms. The van der Waals surface area contributed by atoms with E-state index in [9.17, 15) is 14.9 Å². The van der Waals surface area contributed by atoms with Crippen molar-refractivity contribution in [1.82, 2.24) is 15.0 Å². The number of H-pyrrole nitrogens is 1. The number of carbonyl (C=O) groups excluding carboxylic acids is 2. The van der Waals surface area contributed by atoms with Crippen LogP contribution in [0.15, 0.2) is 44.9 Å². The molecule has 0 unspecified atom stereocenters. The Morgan fingerprint density at radius 2 is 2.17 bits per heavy atom. The van der Waals surface area contributed by atoms with Crippen molar-refractivity contribution in [3.63, 3.8) is 0 Å². The van der Waals surface area contributed by atoms with Crippen molar-refractivity contribution in [3.8, 4) is 29.0 Å². The van der Waals surface area contributed by atoms with E-state index in [4.69, 9.17) is 13.6 Å². The number of hydrogen-bond donors (Lipinski definition) is 2. The zero-order chi connectivity index (χ0) is 24.4. The topological polar surface area (TPSA) is 150 Å². The number of nitriles is 1. The molecule has 4 aromatic rings. The molecule has 0 saturated carbocycles. The number of nitrogens with zero attached hydrogens (tertiary/aromatic N) is 4. The number of aromatic amines is 1. The third-order valence-electron chi connectivity index (χ3n) is 5.72. The Morgan fingerprint density at radius 3 is 2.89 bits per heavy atom. The third-order valence-corrected chi connectivity index (χ3v) is 6.48. The summed E-state index contributed by atoms with van der Waals surface area (Å²) in [6, 6.07) is 7.15. The number of rotatable bonds is 6. The van der Waals surface area contributed by atoms with Crippen molar-refractivity contribution >= 4 is 34.2 Å². The molecule has 0 aromatic carbocycles. The van der Waals surface area contributed by atoms with Gasteiger partial charge in [0.25, 0.3) is 5.89 Å². The first-order valence-electron chi connectivity index (χ1n) is 10.8. The summed E-state index contributed by atoms with van der Waals surface area (Å²) in [5.41, 5.74) is 1.89. The number of furan rings is 1. The highest BCUT2D eigenvalue weighted by Crippen LogP contribution is 2.32. The van der Waals surface area contributed by atoms with Gasteiger partial charge in [0.1, 0.15) is 11.8 Å². The van der Waals surface area contributed by atoms with Crippen molar-refractivity contribution < 1.29 is 23.2 Å². The molecule has 2 N–H and O–H groups in total. The number of piperidine rings is 1. The average molecular weight is 493 g/mol. The van der Waals surface area contributed by atoms with E-state index in [0.717, 1.165) is 5.56 Å². The Bertz CT molecular complexity index is 1390. The van der Waals surface area contributed by atoms with Crippen LogP contribution in [-0.2, 0) is 9.53 Å². The SMILES string of the molecule is COC(=O)c1cc(-c2csc(NC(=O)C3CCN(c4oc(-c5ccco5)nc4C#N)CC3)n2)c[nH]1. The summed E-state index contributed by atoms with van der Waals surface area (Å²) in [5.74, 6) is 0.322. The fraction of sp³-hybridized carbons (Fsp3) is 0.261. The molecule has 0 radical (unpaired) electrons. The molecule has 5 heterocycles. The van der Waals surface area contributed by atoms with Crippen molar-refractivity contribution in [2.24, 2.45) is 5.92 Å². The number of anilines is 2. The number of aromatic nitrogens is 3. The first-order chi connectivity index (χ1) is 17.1. The van der Waals surface area contributed by atoms with Crippen molar-refractivity contribution in [2.75, 3.05) is 30.4 Å². The maximum Gasteiger partial charge on any atom is 0.354 e. The van der Waals surface area contributed by atoms with E-state index in [1.807, 2.05) is 10.3 Å². The summed E-state index contributed by atoms with van der Waals surface area (Å²) >= 11 is 1.31. The molecular weight excluding hydrogens is 472 g/mol. The van der Waals surface area contributed by atoms with Crippen LogP contribution in [-0.4, -0.2) is 47.0 Å². The lowest BCUT2D eigenvalue weighted by Crippen LogP contribution is -2.38. The van der Waals surface area contributed by atoms with Gasteiger partial charge in [-0.3, -0.25) is 4.79 Å². The molecule has 5 rings (SSSR count). The standard InChI is InChI=1S/C23H20N6O5S/c1-32-22(31)15-9-14(11-25-15)17-12-35-23(27-17)28-19(30)13-4-6-29(7-5-13)21-16(10-24)26-20(34-21)18-3-2-8-33-18/h2-3,8-9,11-13,25H,4-7H2,1H3,(H,27,28,30).